The van der Waals surface area contributed by atoms with E-state index in [-0.39, 0.29) is 24.8 Å². The molecule has 6 heteroatoms. The van der Waals surface area contributed by atoms with Gasteiger partial charge in [0, 0.05) is 25.1 Å². The van der Waals surface area contributed by atoms with Crippen molar-refractivity contribution in [2.24, 2.45) is 0 Å². The fraction of sp³-hybridized carbons (Fsp3) is 0.429. The highest BCUT2D eigenvalue weighted by atomic mass is 16.5. The molecule has 0 unspecified atom stereocenters. The smallest absolute Gasteiger partial charge is 0.323 e. The Morgan fingerprint density at radius 2 is 2.25 bits per heavy atom. The van der Waals surface area contributed by atoms with E-state index in [1.165, 1.54) is 7.11 Å². The molecule has 106 valence electrons. The number of hydrogen-bond acceptors (Lipinski definition) is 5. The number of fused-ring (bicyclic) bond motifs is 1. The van der Waals surface area contributed by atoms with Gasteiger partial charge in [-0.05, 0) is 6.07 Å². The standard InChI is InChI=1S/C14H16N2O4/c1-19-12(17)10-6-14(8-16-10)13(18)15-7-9-4-2-3-5-11(9)20-14/h2-5,10,16H,6-8H2,1H3,(H,15,18)/t10-,14+/m0/s1. The van der Waals surface area contributed by atoms with E-state index in [2.05, 4.69) is 10.6 Å². The maximum absolute atomic E-state index is 12.3. The molecule has 0 aliphatic carbocycles. The van der Waals surface area contributed by atoms with E-state index in [1.54, 1.807) is 0 Å². The molecule has 3 rings (SSSR count). The van der Waals surface area contributed by atoms with Crippen LogP contribution in [0.3, 0.4) is 0 Å². The molecular weight excluding hydrogens is 260 g/mol. The average Bonchev–Trinajstić information content (AvgIpc) is 2.84. The van der Waals surface area contributed by atoms with Crippen LogP contribution in [-0.2, 0) is 20.9 Å². The number of methoxy groups -OCH3 is 1. The number of ether oxygens (including phenoxy) is 2. The summed E-state index contributed by atoms with van der Waals surface area (Å²) in [5, 5.41) is 5.85. The highest BCUT2D eigenvalue weighted by Gasteiger charge is 2.51. The lowest BCUT2D eigenvalue weighted by molar-refractivity contribution is -0.143. The molecule has 6 nitrogen and oxygen atoms in total. The Morgan fingerprint density at radius 3 is 3.05 bits per heavy atom. The minimum Gasteiger partial charge on any atom is -0.476 e. The summed E-state index contributed by atoms with van der Waals surface area (Å²) in [6.07, 6.45) is 0.264. The van der Waals surface area contributed by atoms with Gasteiger partial charge in [-0.15, -0.1) is 0 Å². The van der Waals surface area contributed by atoms with Gasteiger partial charge in [0.2, 0.25) is 5.60 Å². The zero-order chi connectivity index (χ0) is 14.2. The quantitative estimate of drug-likeness (QED) is 0.704. The first-order valence-corrected chi connectivity index (χ1v) is 6.51. The third kappa shape index (κ3) is 2.02. The Morgan fingerprint density at radius 1 is 1.45 bits per heavy atom. The van der Waals surface area contributed by atoms with Gasteiger partial charge in [-0.1, -0.05) is 18.2 Å². The highest BCUT2D eigenvalue weighted by Crippen LogP contribution is 2.32. The van der Waals surface area contributed by atoms with E-state index < -0.39 is 11.6 Å². The van der Waals surface area contributed by atoms with E-state index in [9.17, 15) is 9.59 Å². The minimum atomic E-state index is -1.05. The molecule has 1 aromatic carbocycles. The van der Waals surface area contributed by atoms with Crippen molar-refractivity contribution >= 4 is 11.9 Å². The molecule has 2 atom stereocenters. The lowest BCUT2D eigenvalue weighted by atomic mass is 9.99. The van der Waals surface area contributed by atoms with Crippen molar-refractivity contribution < 1.29 is 19.1 Å². The van der Waals surface area contributed by atoms with Crippen molar-refractivity contribution in [2.45, 2.75) is 24.6 Å². The molecule has 0 aromatic heterocycles. The normalized spacial score (nSPS) is 28.2. The summed E-state index contributed by atoms with van der Waals surface area (Å²) in [7, 11) is 1.33. The number of rotatable bonds is 1. The molecule has 1 fully saturated rings. The minimum absolute atomic E-state index is 0.201. The van der Waals surface area contributed by atoms with Crippen LogP contribution in [0.25, 0.3) is 0 Å². The van der Waals surface area contributed by atoms with E-state index in [0.29, 0.717) is 12.3 Å². The van der Waals surface area contributed by atoms with Crippen molar-refractivity contribution in [3.05, 3.63) is 29.8 Å². The zero-order valence-corrected chi connectivity index (χ0v) is 11.1. The second-order valence-corrected chi connectivity index (χ2v) is 5.05. The summed E-state index contributed by atoms with van der Waals surface area (Å²) < 4.78 is 10.7. The van der Waals surface area contributed by atoms with Crippen LogP contribution in [0.15, 0.2) is 24.3 Å². The van der Waals surface area contributed by atoms with Gasteiger partial charge in [-0.25, -0.2) is 0 Å². The summed E-state index contributed by atoms with van der Waals surface area (Å²) in [6, 6.07) is 6.99. The van der Waals surface area contributed by atoms with Gasteiger partial charge in [0.25, 0.3) is 5.91 Å². The summed E-state index contributed by atoms with van der Waals surface area (Å²) in [5.41, 5.74) is -0.120. The Balaban J connectivity index is 1.89. The van der Waals surface area contributed by atoms with Crippen molar-refractivity contribution in [1.29, 1.82) is 0 Å². The molecule has 2 aliphatic rings. The fourth-order valence-electron chi connectivity index (χ4n) is 2.66. The number of amides is 1. The van der Waals surface area contributed by atoms with E-state index in [4.69, 9.17) is 9.47 Å². The molecule has 2 N–H and O–H groups in total. The number of nitrogens with one attached hydrogen (secondary N) is 2. The van der Waals surface area contributed by atoms with Gasteiger partial charge >= 0.3 is 5.97 Å². The maximum Gasteiger partial charge on any atom is 0.323 e. The van der Waals surface area contributed by atoms with Gasteiger partial charge in [0.15, 0.2) is 0 Å². The summed E-state index contributed by atoms with van der Waals surface area (Å²) in [6.45, 7) is 0.715. The Kier molecular flexibility index (Phi) is 3.10. The van der Waals surface area contributed by atoms with Crippen LogP contribution >= 0.6 is 0 Å². The number of hydrogen-bond donors (Lipinski definition) is 2. The van der Waals surface area contributed by atoms with Crippen LogP contribution in [-0.4, -0.2) is 37.2 Å². The average molecular weight is 276 g/mol. The predicted molar refractivity (Wildman–Crippen MR) is 70.1 cm³/mol. The molecule has 0 saturated carbocycles. The highest BCUT2D eigenvalue weighted by molar-refractivity contribution is 5.89. The monoisotopic (exact) mass is 276 g/mol. The number of benzene rings is 1. The third-order valence-corrected chi connectivity index (χ3v) is 3.78. The Hall–Kier alpha value is -2.08. The third-order valence-electron chi connectivity index (χ3n) is 3.78. The summed E-state index contributed by atoms with van der Waals surface area (Å²) in [4.78, 5) is 23.9. The van der Waals surface area contributed by atoms with Crippen LogP contribution in [0.5, 0.6) is 5.75 Å². The molecule has 2 aliphatic heterocycles. The molecule has 1 amide bonds. The molecule has 2 heterocycles. The van der Waals surface area contributed by atoms with E-state index >= 15 is 0 Å². The van der Waals surface area contributed by atoms with Crippen molar-refractivity contribution in [1.82, 2.24) is 10.6 Å². The molecule has 1 saturated heterocycles. The van der Waals surface area contributed by atoms with Crippen molar-refractivity contribution in [3.8, 4) is 5.75 Å². The topological polar surface area (TPSA) is 76.7 Å². The number of carbonyl (C=O) groups excluding carboxylic acids is 2. The molecule has 1 spiro atoms. The van der Waals surface area contributed by atoms with E-state index in [1.807, 2.05) is 24.3 Å². The molecule has 0 bridgehead atoms. The first kappa shape index (κ1) is 12.9. The molecule has 1 aromatic rings. The van der Waals surface area contributed by atoms with Gasteiger partial charge < -0.3 is 14.8 Å². The molecular formula is C14H16N2O4. The van der Waals surface area contributed by atoms with Crippen LogP contribution < -0.4 is 15.4 Å². The van der Waals surface area contributed by atoms with Gasteiger partial charge in [0.1, 0.15) is 11.8 Å². The zero-order valence-electron chi connectivity index (χ0n) is 11.1. The maximum atomic E-state index is 12.3. The first-order chi connectivity index (χ1) is 9.64. The number of carbonyl (C=O) groups is 2. The molecule has 0 radical (unpaired) electrons. The SMILES string of the molecule is COC(=O)[C@@H]1C[C@]2(CN1)Oc1ccccc1CNC2=O. The van der Waals surface area contributed by atoms with Crippen LogP contribution in [0.4, 0.5) is 0 Å². The van der Waals surface area contributed by atoms with Crippen LogP contribution in [0.1, 0.15) is 12.0 Å². The second kappa shape index (κ2) is 4.79. The fourth-order valence-corrected chi connectivity index (χ4v) is 2.66. The number of para-hydroxylation sites is 1. The van der Waals surface area contributed by atoms with Gasteiger partial charge in [-0.2, -0.15) is 0 Å². The first-order valence-electron chi connectivity index (χ1n) is 6.51. The lowest BCUT2D eigenvalue weighted by Gasteiger charge is -2.26. The van der Waals surface area contributed by atoms with Gasteiger partial charge in [-0.3, -0.25) is 14.9 Å². The van der Waals surface area contributed by atoms with Crippen molar-refractivity contribution in [2.75, 3.05) is 13.7 Å². The van der Waals surface area contributed by atoms with E-state index in [0.717, 1.165) is 5.56 Å². The molecule has 20 heavy (non-hydrogen) atoms. The summed E-state index contributed by atoms with van der Waals surface area (Å²) >= 11 is 0. The van der Waals surface area contributed by atoms with Crippen molar-refractivity contribution in [3.63, 3.8) is 0 Å². The Labute approximate surface area is 116 Å². The largest absolute Gasteiger partial charge is 0.476 e. The summed E-state index contributed by atoms with van der Waals surface area (Å²) in [5.74, 6) is 0.0987. The van der Waals surface area contributed by atoms with Crippen LogP contribution in [0.2, 0.25) is 0 Å². The lowest BCUT2D eigenvalue weighted by Crippen LogP contribution is -2.51. The second-order valence-electron chi connectivity index (χ2n) is 5.05. The van der Waals surface area contributed by atoms with Crippen LogP contribution in [0, 0.1) is 0 Å². The predicted octanol–water partition coefficient (Wildman–Crippen LogP) is -0.0311. The van der Waals surface area contributed by atoms with Gasteiger partial charge in [0.05, 0.1) is 7.11 Å². The number of esters is 1. The Bertz CT molecular complexity index is 560.